The highest BCUT2D eigenvalue weighted by Gasteiger charge is 2.23. The SMILES string of the molecule is CC/C=C\C/C=C\C/C=C\C/C=C\C/C=C\CCCCCC(=O)NCCOP(=O)(O)OCC(O)COC(=O)CCCCCCC/C=C\C/C=C\CCCCC. The molecule has 0 fully saturated rings. The summed E-state index contributed by atoms with van der Waals surface area (Å²) in [5, 5.41) is 12.7. The van der Waals surface area contributed by atoms with Gasteiger partial charge in [0.15, 0.2) is 0 Å². The Morgan fingerprint density at radius 1 is 0.582 bits per heavy atom. The molecule has 55 heavy (non-hydrogen) atoms. The summed E-state index contributed by atoms with van der Waals surface area (Å²) in [6, 6.07) is 0. The van der Waals surface area contributed by atoms with Gasteiger partial charge in [-0.3, -0.25) is 18.6 Å². The van der Waals surface area contributed by atoms with Crippen LogP contribution in [0.2, 0.25) is 0 Å². The van der Waals surface area contributed by atoms with Crippen molar-refractivity contribution in [3.05, 3.63) is 85.1 Å². The molecule has 0 aromatic rings. The average molecular weight is 790 g/mol. The maximum atomic E-state index is 12.1. The summed E-state index contributed by atoms with van der Waals surface area (Å²) in [6.07, 6.45) is 50.8. The highest BCUT2D eigenvalue weighted by Crippen LogP contribution is 2.42. The van der Waals surface area contributed by atoms with Crippen LogP contribution >= 0.6 is 7.82 Å². The van der Waals surface area contributed by atoms with Gasteiger partial charge in [-0.1, -0.05) is 137 Å². The Bertz CT molecular complexity index is 1170. The number of allylic oxidation sites excluding steroid dienone is 14. The Kier molecular flexibility index (Phi) is 38.8. The normalized spacial score (nSPS) is 14.2. The molecule has 0 aliphatic heterocycles. The monoisotopic (exact) mass is 790 g/mol. The Balaban J connectivity index is 3.71. The number of nitrogens with one attached hydrogen (secondary N) is 1. The highest BCUT2D eigenvalue weighted by atomic mass is 31.2. The van der Waals surface area contributed by atoms with E-state index in [9.17, 15) is 24.2 Å². The lowest BCUT2D eigenvalue weighted by molar-refractivity contribution is -0.147. The molecule has 0 aliphatic rings. The fourth-order valence-corrected chi connectivity index (χ4v) is 5.90. The molecule has 3 N–H and O–H groups in total. The van der Waals surface area contributed by atoms with E-state index in [2.05, 4.69) is 104 Å². The average Bonchev–Trinajstić information content (AvgIpc) is 3.17. The van der Waals surface area contributed by atoms with Gasteiger partial charge in [-0.2, -0.15) is 0 Å². The van der Waals surface area contributed by atoms with Gasteiger partial charge >= 0.3 is 13.8 Å². The van der Waals surface area contributed by atoms with Crippen molar-refractivity contribution in [2.45, 2.75) is 161 Å². The van der Waals surface area contributed by atoms with E-state index in [4.69, 9.17) is 13.8 Å². The van der Waals surface area contributed by atoms with Gasteiger partial charge < -0.3 is 20.1 Å². The summed E-state index contributed by atoms with van der Waals surface area (Å²) in [4.78, 5) is 33.9. The number of aliphatic hydroxyl groups is 1. The van der Waals surface area contributed by atoms with Gasteiger partial charge in [0.2, 0.25) is 5.91 Å². The number of carbonyl (C=O) groups is 2. The molecule has 0 saturated heterocycles. The Morgan fingerprint density at radius 2 is 1.04 bits per heavy atom. The molecule has 10 heteroatoms. The van der Waals surface area contributed by atoms with Crippen molar-refractivity contribution in [2.75, 3.05) is 26.4 Å². The lowest BCUT2D eigenvalue weighted by atomic mass is 10.1. The van der Waals surface area contributed by atoms with Crippen LogP contribution in [0.1, 0.15) is 155 Å². The van der Waals surface area contributed by atoms with E-state index in [-0.39, 0.29) is 32.1 Å². The lowest BCUT2D eigenvalue weighted by Crippen LogP contribution is -2.27. The van der Waals surface area contributed by atoms with Crippen molar-refractivity contribution in [1.29, 1.82) is 0 Å². The summed E-state index contributed by atoms with van der Waals surface area (Å²) in [5.74, 6) is -0.571. The molecule has 0 aromatic carbocycles. The van der Waals surface area contributed by atoms with E-state index in [0.29, 0.717) is 12.8 Å². The fraction of sp³-hybridized carbons (Fsp3) is 0.644. The summed E-state index contributed by atoms with van der Waals surface area (Å²) in [6.45, 7) is 3.33. The van der Waals surface area contributed by atoms with Crippen LogP contribution in [-0.2, 0) is 27.9 Å². The van der Waals surface area contributed by atoms with Crippen LogP contribution in [0.5, 0.6) is 0 Å². The first-order valence-electron chi connectivity index (χ1n) is 21.1. The highest BCUT2D eigenvalue weighted by molar-refractivity contribution is 7.47. The predicted octanol–water partition coefficient (Wildman–Crippen LogP) is 11.7. The minimum atomic E-state index is -4.43. The van der Waals surface area contributed by atoms with Crippen LogP contribution in [0.25, 0.3) is 0 Å². The first-order valence-corrected chi connectivity index (χ1v) is 22.6. The number of ether oxygens (including phenoxy) is 1. The summed E-state index contributed by atoms with van der Waals surface area (Å²) in [5.41, 5.74) is 0. The zero-order valence-electron chi connectivity index (χ0n) is 34.3. The fourth-order valence-electron chi connectivity index (χ4n) is 5.14. The molecule has 2 unspecified atom stereocenters. The summed E-state index contributed by atoms with van der Waals surface area (Å²) in [7, 11) is -4.43. The molecule has 9 nitrogen and oxygen atoms in total. The van der Waals surface area contributed by atoms with Crippen LogP contribution in [0.3, 0.4) is 0 Å². The first kappa shape index (κ1) is 52.2. The van der Waals surface area contributed by atoms with Crippen LogP contribution in [0, 0.1) is 0 Å². The van der Waals surface area contributed by atoms with Crippen molar-refractivity contribution < 1.29 is 37.9 Å². The summed E-state index contributed by atoms with van der Waals surface area (Å²) >= 11 is 0. The number of hydrogen-bond donors (Lipinski definition) is 3. The number of amides is 1. The van der Waals surface area contributed by atoms with Crippen molar-refractivity contribution in [3.63, 3.8) is 0 Å². The van der Waals surface area contributed by atoms with Crippen LogP contribution < -0.4 is 5.32 Å². The summed E-state index contributed by atoms with van der Waals surface area (Å²) < 4.78 is 26.8. The van der Waals surface area contributed by atoms with Gasteiger partial charge in [-0.15, -0.1) is 0 Å². The molecule has 0 heterocycles. The van der Waals surface area contributed by atoms with Crippen molar-refractivity contribution in [2.24, 2.45) is 0 Å². The predicted molar refractivity (Wildman–Crippen MR) is 229 cm³/mol. The Labute approximate surface area is 334 Å². The molecule has 1 amide bonds. The molecule has 0 rings (SSSR count). The Hall–Kier alpha value is -2.81. The minimum Gasteiger partial charge on any atom is -0.463 e. The number of esters is 1. The van der Waals surface area contributed by atoms with Crippen LogP contribution in [-0.4, -0.2) is 54.3 Å². The van der Waals surface area contributed by atoms with Crippen LogP contribution in [0.4, 0.5) is 0 Å². The number of phosphoric ester groups is 1. The van der Waals surface area contributed by atoms with E-state index in [0.717, 1.165) is 96.3 Å². The second-order valence-corrected chi connectivity index (χ2v) is 15.0. The van der Waals surface area contributed by atoms with Crippen molar-refractivity contribution in [3.8, 4) is 0 Å². The topological polar surface area (TPSA) is 131 Å². The molecular formula is C45H76NO8P. The van der Waals surface area contributed by atoms with Crippen molar-refractivity contribution in [1.82, 2.24) is 5.32 Å². The van der Waals surface area contributed by atoms with Gasteiger partial charge in [0.1, 0.15) is 12.7 Å². The van der Waals surface area contributed by atoms with Crippen LogP contribution in [0.15, 0.2) is 85.1 Å². The smallest absolute Gasteiger partial charge is 0.463 e. The number of rotatable bonds is 38. The largest absolute Gasteiger partial charge is 0.472 e. The molecule has 0 spiro atoms. The third kappa shape index (κ3) is 42.2. The van der Waals surface area contributed by atoms with Gasteiger partial charge in [-0.05, 0) is 89.9 Å². The number of hydrogen-bond acceptors (Lipinski definition) is 7. The molecule has 0 aromatic heterocycles. The molecule has 314 valence electrons. The third-order valence-electron chi connectivity index (χ3n) is 8.31. The molecule has 0 saturated carbocycles. The van der Waals surface area contributed by atoms with Crippen molar-refractivity contribution >= 4 is 19.7 Å². The van der Waals surface area contributed by atoms with Gasteiger partial charge in [0, 0.05) is 19.4 Å². The lowest BCUT2D eigenvalue weighted by Gasteiger charge is -2.15. The van der Waals surface area contributed by atoms with Gasteiger partial charge in [0.25, 0.3) is 0 Å². The molecule has 0 bridgehead atoms. The number of unbranched alkanes of at least 4 members (excludes halogenated alkanes) is 11. The van der Waals surface area contributed by atoms with E-state index < -0.39 is 26.5 Å². The molecule has 0 aliphatic carbocycles. The molecular weight excluding hydrogens is 713 g/mol. The van der Waals surface area contributed by atoms with E-state index in [1.165, 1.54) is 25.7 Å². The van der Waals surface area contributed by atoms with Gasteiger partial charge in [-0.25, -0.2) is 4.57 Å². The zero-order chi connectivity index (χ0) is 40.3. The first-order chi connectivity index (χ1) is 26.8. The van der Waals surface area contributed by atoms with E-state index in [1.807, 2.05) is 0 Å². The quantitative estimate of drug-likeness (QED) is 0.0244. The number of carbonyl (C=O) groups excluding carboxylic acids is 2. The minimum absolute atomic E-state index is 0.0567. The number of aliphatic hydroxyl groups excluding tert-OH is 1. The van der Waals surface area contributed by atoms with E-state index in [1.54, 1.807) is 0 Å². The Morgan fingerprint density at radius 3 is 1.58 bits per heavy atom. The third-order valence-corrected chi connectivity index (χ3v) is 9.29. The van der Waals surface area contributed by atoms with Gasteiger partial charge in [0.05, 0.1) is 13.2 Å². The standard InChI is InChI=1S/C45H76NO8P/c1-3-5-7-9-11-13-15-17-19-20-21-22-24-25-27-29-31-33-35-37-44(48)46-39-40-53-55(50,51)54-42-43(47)41-52-45(49)38-36-34-32-30-28-26-23-18-16-14-12-10-8-6-4-2/h5,7,11-14,17-19,21-23,25,27,43,47H,3-4,6,8-10,15-16,20,24,26,28-42H2,1-2H3,(H,46,48)(H,50,51)/b7-5-,13-11-,14-12-,19-17-,22-21-,23-18-,27-25-. The second kappa shape index (κ2) is 40.8. The maximum absolute atomic E-state index is 12.1. The molecule has 2 atom stereocenters. The maximum Gasteiger partial charge on any atom is 0.472 e. The molecule has 0 radical (unpaired) electrons. The zero-order valence-corrected chi connectivity index (χ0v) is 35.2. The number of phosphoric acid groups is 1. The second-order valence-electron chi connectivity index (χ2n) is 13.6. The van der Waals surface area contributed by atoms with E-state index >= 15 is 0 Å².